The quantitative estimate of drug-likeness (QED) is 0.821. The highest BCUT2D eigenvalue weighted by atomic mass is 16.5. The molecule has 1 aliphatic rings. The predicted molar refractivity (Wildman–Crippen MR) is 89.5 cm³/mol. The van der Waals surface area contributed by atoms with Crippen LogP contribution in [0.3, 0.4) is 0 Å². The molecule has 0 radical (unpaired) electrons. The highest BCUT2D eigenvalue weighted by Gasteiger charge is 2.26. The lowest BCUT2D eigenvalue weighted by Crippen LogP contribution is -2.44. The van der Waals surface area contributed by atoms with Crippen molar-refractivity contribution in [3.63, 3.8) is 0 Å². The molecule has 7 heteroatoms. The van der Waals surface area contributed by atoms with E-state index in [1.807, 2.05) is 0 Å². The topological polar surface area (TPSA) is 102 Å². The molecular weight excluding hydrogens is 310 g/mol. The second kappa shape index (κ2) is 7.81. The van der Waals surface area contributed by atoms with Crippen molar-refractivity contribution in [2.45, 2.75) is 20.3 Å². The maximum Gasteiger partial charge on any atom is 0.338 e. The molecule has 1 aromatic carbocycles. The number of carbonyl (C=O) groups excluding carboxylic acids is 3. The molecule has 2 atom stereocenters. The van der Waals surface area contributed by atoms with Crippen molar-refractivity contribution in [3.8, 4) is 0 Å². The van der Waals surface area contributed by atoms with Gasteiger partial charge in [-0.25, -0.2) is 9.59 Å². The van der Waals surface area contributed by atoms with Gasteiger partial charge in [0.1, 0.15) is 0 Å². The number of nitrogens with one attached hydrogen (secondary N) is 1. The molecule has 3 amide bonds. The molecule has 0 aromatic heterocycles. The standard InChI is InChI=1S/C17H23N3O4/c1-11-7-12(2)9-20(8-11)15(21)10-24-16(22)13-3-5-14(6-4-13)19-17(18)23/h3-6,11-12H,7-10H2,1-2H3,(H3,18,19,23)/t11-,12+. The number of amides is 3. The van der Waals surface area contributed by atoms with Crippen LogP contribution in [-0.2, 0) is 9.53 Å². The van der Waals surface area contributed by atoms with Crippen LogP contribution in [0.1, 0.15) is 30.6 Å². The number of hydrogen-bond donors (Lipinski definition) is 2. The molecule has 0 spiro atoms. The van der Waals surface area contributed by atoms with Crippen molar-refractivity contribution in [2.75, 3.05) is 25.0 Å². The Bertz CT molecular complexity index is 605. The number of esters is 1. The summed E-state index contributed by atoms with van der Waals surface area (Å²) in [7, 11) is 0. The van der Waals surface area contributed by atoms with Gasteiger partial charge in [-0.2, -0.15) is 0 Å². The van der Waals surface area contributed by atoms with E-state index in [1.54, 1.807) is 4.90 Å². The molecule has 24 heavy (non-hydrogen) atoms. The lowest BCUT2D eigenvalue weighted by atomic mass is 9.92. The van der Waals surface area contributed by atoms with E-state index in [2.05, 4.69) is 19.2 Å². The molecule has 3 N–H and O–H groups in total. The Hall–Kier alpha value is -2.57. The Balaban J connectivity index is 1.86. The van der Waals surface area contributed by atoms with Gasteiger partial charge >= 0.3 is 12.0 Å². The fraction of sp³-hybridized carbons (Fsp3) is 0.471. The van der Waals surface area contributed by atoms with E-state index in [9.17, 15) is 14.4 Å². The van der Waals surface area contributed by atoms with Crippen molar-refractivity contribution < 1.29 is 19.1 Å². The van der Waals surface area contributed by atoms with Crippen LogP contribution in [0.2, 0.25) is 0 Å². The first-order valence-electron chi connectivity index (χ1n) is 7.96. The van der Waals surface area contributed by atoms with E-state index in [0.29, 0.717) is 36.2 Å². The van der Waals surface area contributed by atoms with Gasteiger partial charge in [-0.15, -0.1) is 0 Å². The third-order valence-corrected chi connectivity index (χ3v) is 3.94. The second-order valence-electron chi connectivity index (χ2n) is 6.39. The molecule has 1 aromatic rings. The predicted octanol–water partition coefficient (Wildman–Crippen LogP) is 1.84. The van der Waals surface area contributed by atoms with Gasteiger partial charge in [0.25, 0.3) is 5.91 Å². The summed E-state index contributed by atoms with van der Waals surface area (Å²) >= 11 is 0. The Morgan fingerprint density at radius 2 is 1.75 bits per heavy atom. The van der Waals surface area contributed by atoms with Gasteiger partial charge in [0.2, 0.25) is 0 Å². The van der Waals surface area contributed by atoms with Crippen LogP contribution >= 0.6 is 0 Å². The first-order chi connectivity index (χ1) is 11.3. The van der Waals surface area contributed by atoms with Crippen LogP contribution in [0.5, 0.6) is 0 Å². The van der Waals surface area contributed by atoms with E-state index in [4.69, 9.17) is 10.5 Å². The van der Waals surface area contributed by atoms with E-state index >= 15 is 0 Å². The fourth-order valence-electron chi connectivity index (χ4n) is 3.00. The molecule has 0 bridgehead atoms. The van der Waals surface area contributed by atoms with E-state index < -0.39 is 12.0 Å². The van der Waals surface area contributed by atoms with Gasteiger partial charge in [-0.1, -0.05) is 13.8 Å². The Morgan fingerprint density at radius 3 is 2.29 bits per heavy atom. The second-order valence-corrected chi connectivity index (χ2v) is 6.39. The van der Waals surface area contributed by atoms with E-state index in [-0.39, 0.29) is 12.5 Å². The fourth-order valence-corrected chi connectivity index (χ4v) is 3.00. The van der Waals surface area contributed by atoms with Crippen molar-refractivity contribution in [3.05, 3.63) is 29.8 Å². The number of ether oxygens (including phenoxy) is 1. The van der Waals surface area contributed by atoms with Crippen LogP contribution in [0.25, 0.3) is 0 Å². The largest absolute Gasteiger partial charge is 0.452 e. The minimum atomic E-state index is -0.680. The molecule has 2 rings (SSSR count). The van der Waals surface area contributed by atoms with E-state index in [0.717, 1.165) is 6.42 Å². The molecule has 130 valence electrons. The molecule has 0 unspecified atom stereocenters. The van der Waals surface area contributed by atoms with Gasteiger partial charge < -0.3 is 20.7 Å². The zero-order valence-electron chi connectivity index (χ0n) is 14.0. The van der Waals surface area contributed by atoms with Crippen LogP contribution in [0.15, 0.2) is 24.3 Å². The molecule has 1 saturated heterocycles. The number of carbonyl (C=O) groups is 3. The van der Waals surface area contributed by atoms with Crippen molar-refractivity contribution in [1.82, 2.24) is 4.90 Å². The van der Waals surface area contributed by atoms with Crippen LogP contribution in [0.4, 0.5) is 10.5 Å². The van der Waals surface area contributed by atoms with Crippen LogP contribution in [0, 0.1) is 11.8 Å². The normalized spacial score (nSPS) is 20.3. The number of urea groups is 1. The Labute approximate surface area is 141 Å². The number of primary amides is 1. The number of rotatable bonds is 4. The molecule has 1 fully saturated rings. The minimum absolute atomic E-state index is 0.172. The van der Waals surface area contributed by atoms with Crippen LogP contribution < -0.4 is 11.1 Å². The Kier molecular flexibility index (Phi) is 5.78. The summed E-state index contributed by atoms with van der Waals surface area (Å²) in [4.78, 5) is 36.7. The zero-order chi connectivity index (χ0) is 17.7. The number of likely N-dealkylation sites (tertiary alicyclic amines) is 1. The van der Waals surface area contributed by atoms with Crippen LogP contribution in [-0.4, -0.2) is 42.5 Å². The summed E-state index contributed by atoms with van der Waals surface area (Å²) < 4.78 is 5.09. The van der Waals surface area contributed by atoms with Crippen molar-refractivity contribution >= 4 is 23.6 Å². The maximum absolute atomic E-state index is 12.2. The first-order valence-corrected chi connectivity index (χ1v) is 7.96. The number of hydrogen-bond acceptors (Lipinski definition) is 4. The first kappa shape index (κ1) is 17.8. The smallest absolute Gasteiger partial charge is 0.338 e. The van der Waals surface area contributed by atoms with Crippen molar-refractivity contribution in [1.29, 1.82) is 0 Å². The van der Waals surface area contributed by atoms with Gasteiger partial charge in [0.15, 0.2) is 6.61 Å². The third-order valence-electron chi connectivity index (χ3n) is 3.94. The van der Waals surface area contributed by atoms with Gasteiger partial charge in [0.05, 0.1) is 5.56 Å². The van der Waals surface area contributed by atoms with Gasteiger partial charge in [0, 0.05) is 18.8 Å². The van der Waals surface area contributed by atoms with Gasteiger partial charge in [-0.05, 0) is 42.5 Å². The number of nitrogens with two attached hydrogens (primary N) is 1. The monoisotopic (exact) mass is 333 g/mol. The molecule has 0 aliphatic carbocycles. The summed E-state index contributed by atoms with van der Waals surface area (Å²) in [6.07, 6.45) is 1.11. The van der Waals surface area contributed by atoms with E-state index in [1.165, 1.54) is 24.3 Å². The lowest BCUT2D eigenvalue weighted by molar-refractivity contribution is -0.137. The summed E-state index contributed by atoms with van der Waals surface area (Å²) in [5.41, 5.74) is 5.79. The molecule has 1 heterocycles. The molecular formula is C17H23N3O4. The number of anilines is 1. The lowest BCUT2D eigenvalue weighted by Gasteiger charge is -2.34. The minimum Gasteiger partial charge on any atom is -0.452 e. The zero-order valence-corrected chi connectivity index (χ0v) is 14.0. The summed E-state index contributed by atoms with van der Waals surface area (Å²) in [5.74, 6) is 0.165. The number of nitrogens with zero attached hydrogens (tertiary/aromatic N) is 1. The SMILES string of the molecule is C[C@@H]1C[C@H](C)CN(C(=O)COC(=O)c2ccc(NC(N)=O)cc2)C1. The Morgan fingerprint density at radius 1 is 1.17 bits per heavy atom. The summed E-state index contributed by atoms with van der Waals surface area (Å²) in [6.45, 7) is 5.37. The van der Waals surface area contributed by atoms with Gasteiger partial charge in [-0.3, -0.25) is 4.79 Å². The molecule has 0 saturated carbocycles. The highest BCUT2D eigenvalue weighted by molar-refractivity contribution is 5.93. The van der Waals surface area contributed by atoms with Crippen molar-refractivity contribution in [2.24, 2.45) is 17.6 Å². The summed E-state index contributed by atoms with van der Waals surface area (Å²) in [6, 6.07) is 5.40. The maximum atomic E-state index is 12.2. The number of benzene rings is 1. The molecule has 1 aliphatic heterocycles. The number of piperidine rings is 1. The average Bonchev–Trinajstić information content (AvgIpc) is 2.51. The molecule has 7 nitrogen and oxygen atoms in total. The average molecular weight is 333 g/mol. The third kappa shape index (κ3) is 4.97. The highest BCUT2D eigenvalue weighted by Crippen LogP contribution is 2.21. The summed E-state index contributed by atoms with van der Waals surface area (Å²) in [5, 5.41) is 2.40.